The van der Waals surface area contributed by atoms with Gasteiger partial charge >= 0.3 is 0 Å². The molecule has 0 N–H and O–H groups in total. The highest BCUT2D eigenvalue weighted by Crippen LogP contribution is 2.49. The van der Waals surface area contributed by atoms with Crippen LogP contribution in [0.2, 0.25) is 0 Å². The highest BCUT2D eigenvalue weighted by Gasteiger charge is 2.23. The molecule has 0 aliphatic carbocycles. The van der Waals surface area contributed by atoms with Crippen molar-refractivity contribution in [2.75, 3.05) is 9.80 Å². The molecule has 0 unspecified atom stereocenters. The Morgan fingerprint density at radius 3 is 0.703 bits per heavy atom. The third-order valence-corrected chi connectivity index (χ3v) is 15.9. The summed E-state index contributed by atoms with van der Waals surface area (Å²) in [5.74, 6) is 0. The van der Waals surface area contributed by atoms with Crippen molar-refractivity contribution in [2.24, 2.45) is 0 Å². The number of hydrogen-bond acceptors (Lipinski definition) is 2. The maximum atomic E-state index is 2.44. The molecule has 0 aliphatic heterocycles. The molecular formula is C72H60N2. The molecule has 0 aliphatic rings. The number of aryl methyl sites for hydroxylation is 8. The maximum Gasteiger partial charge on any atom is 0.0464 e. The Bertz CT molecular complexity index is 3700. The van der Waals surface area contributed by atoms with Crippen LogP contribution in [-0.4, -0.2) is 0 Å². The van der Waals surface area contributed by atoms with Crippen LogP contribution in [0.15, 0.2) is 218 Å². The molecule has 2 nitrogen and oxygen atoms in total. The van der Waals surface area contributed by atoms with Gasteiger partial charge in [0, 0.05) is 34.1 Å². The van der Waals surface area contributed by atoms with Crippen molar-refractivity contribution < 1.29 is 0 Å². The third kappa shape index (κ3) is 8.17. The lowest BCUT2D eigenvalue weighted by Crippen LogP contribution is -2.10. The van der Waals surface area contributed by atoms with E-state index in [1.54, 1.807) is 0 Å². The van der Waals surface area contributed by atoms with Crippen molar-refractivity contribution in [1.82, 2.24) is 0 Å². The van der Waals surface area contributed by atoms with Crippen LogP contribution in [0, 0.1) is 55.4 Å². The fourth-order valence-corrected chi connectivity index (χ4v) is 11.1. The van der Waals surface area contributed by atoms with Gasteiger partial charge in [0.05, 0.1) is 0 Å². The molecule has 12 aromatic carbocycles. The van der Waals surface area contributed by atoms with Crippen LogP contribution in [0.25, 0.3) is 76.8 Å². The molecule has 12 rings (SSSR count). The predicted octanol–water partition coefficient (Wildman–Crippen LogP) is 20.7. The predicted molar refractivity (Wildman–Crippen MR) is 319 cm³/mol. The number of rotatable bonds is 10. The quantitative estimate of drug-likeness (QED) is 0.126. The summed E-state index contributed by atoms with van der Waals surface area (Å²) in [5.41, 5.74) is 26.8. The SMILES string of the molecule is Cc1ccc(N(c2ccc(-c3cc(-c4ccccc4)c4ccc5c(-c6ccc(N(c7ccc(C)c(C)c7)c7ccc(C)c(C)c7)cc6)cc(-c6ccccc6)c6ccc3c4c65)cc2)c2ccc(C)c(C)c2)cc1C. The first-order valence-corrected chi connectivity index (χ1v) is 26.0. The van der Waals surface area contributed by atoms with E-state index in [0.717, 1.165) is 34.1 Å². The normalized spacial score (nSPS) is 11.5. The van der Waals surface area contributed by atoms with Crippen molar-refractivity contribution in [2.45, 2.75) is 55.4 Å². The molecule has 0 bridgehead atoms. The van der Waals surface area contributed by atoms with E-state index in [4.69, 9.17) is 0 Å². The van der Waals surface area contributed by atoms with E-state index in [1.165, 1.54) is 121 Å². The summed E-state index contributed by atoms with van der Waals surface area (Å²) in [6.45, 7) is 17.6. The lowest BCUT2D eigenvalue weighted by Gasteiger charge is -2.27. The summed E-state index contributed by atoms with van der Waals surface area (Å²) >= 11 is 0. The molecule has 0 radical (unpaired) electrons. The largest absolute Gasteiger partial charge is 0.310 e. The van der Waals surface area contributed by atoms with Gasteiger partial charge in [0.2, 0.25) is 0 Å². The lowest BCUT2D eigenvalue weighted by atomic mass is 9.82. The second-order valence-corrected chi connectivity index (χ2v) is 20.6. The molecule has 12 aromatic rings. The second kappa shape index (κ2) is 18.7. The van der Waals surface area contributed by atoms with E-state index in [1.807, 2.05) is 0 Å². The Labute approximate surface area is 436 Å². The first kappa shape index (κ1) is 46.4. The molecule has 2 heteroatoms. The summed E-state index contributed by atoms with van der Waals surface area (Å²) in [6, 6.07) is 82.0. The number of anilines is 6. The van der Waals surface area contributed by atoms with Gasteiger partial charge in [-0.2, -0.15) is 0 Å². The molecule has 358 valence electrons. The summed E-state index contributed by atoms with van der Waals surface area (Å²) in [4.78, 5) is 4.79. The minimum atomic E-state index is 1.12. The molecule has 0 spiro atoms. The number of nitrogens with zero attached hydrogens (tertiary/aromatic N) is 2. The van der Waals surface area contributed by atoms with Crippen molar-refractivity contribution in [3.05, 3.63) is 263 Å². The van der Waals surface area contributed by atoms with Gasteiger partial charge in [-0.25, -0.2) is 0 Å². The van der Waals surface area contributed by atoms with E-state index < -0.39 is 0 Å². The Morgan fingerprint density at radius 1 is 0.203 bits per heavy atom. The minimum absolute atomic E-state index is 1.12. The van der Waals surface area contributed by atoms with Gasteiger partial charge in [-0.1, -0.05) is 133 Å². The smallest absolute Gasteiger partial charge is 0.0464 e. The van der Waals surface area contributed by atoms with Gasteiger partial charge in [-0.05, 0) is 262 Å². The van der Waals surface area contributed by atoms with Crippen LogP contribution in [-0.2, 0) is 0 Å². The van der Waals surface area contributed by atoms with Crippen molar-refractivity contribution >= 4 is 66.4 Å². The van der Waals surface area contributed by atoms with E-state index >= 15 is 0 Å². The number of hydrogen-bond donors (Lipinski definition) is 0. The van der Waals surface area contributed by atoms with Crippen LogP contribution < -0.4 is 9.80 Å². The van der Waals surface area contributed by atoms with Crippen LogP contribution >= 0.6 is 0 Å². The van der Waals surface area contributed by atoms with Gasteiger partial charge < -0.3 is 9.80 Å². The van der Waals surface area contributed by atoms with Crippen molar-refractivity contribution in [3.8, 4) is 44.5 Å². The summed E-state index contributed by atoms with van der Waals surface area (Å²) in [7, 11) is 0. The Kier molecular flexibility index (Phi) is 11.7. The standard InChI is InChI=1S/C72H60N2/c1-45-19-27-59(39-49(45)5)73(60-28-20-46(2)50(6)40-60)57-31-23-55(24-32-57)69-43-67(53-15-11-9-12-16-53)63-36-38-66-70(44-68(54-17-13-10-14-18-54)64-35-37-65(69)71(63)72(64)66)56-25-33-58(34-26-56)74(61-29-21-47(3)51(7)41-61)62-30-22-48(4)52(8)42-62/h9-44H,1-8H3. The summed E-state index contributed by atoms with van der Waals surface area (Å²) < 4.78 is 0. The van der Waals surface area contributed by atoms with Crippen molar-refractivity contribution in [1.29, 1.82) is 0 Å². The molecule has 0 amide bonds. The maximum absolute atomic E-state index is 2.44. The fraction of sp³-hybridized carbons (Fsp3) is 0.111. The molecule has 0 heterocycles. The van der Waals surface area contributed by atoms with E-state index in [0.29, 0.717) is 0 Å². The highest BCUT2D eigenvalue weighted by molar-refractivity contribution is 6.32. The van der Waals surface area contributed by atoms with E-state index in [2.05, 4.69) is 284 Å². The zero-order chi connectivity index (χ0) is 50.8. The molecule has 0 aromatic heterocycles. The second-order valence-electron chi connectivity index (χ2n) is 20.6. The molecule has 74 heavy (non-hydrogen) atoms. The Balaban J connectivity index is 1.06. The van der Waals surface area contributed by atoms with Gasteiger partial charge in [0.25, 0.3) is 0 Å². The van der Waals surface area contributed by atoms with Crippen LogP contribution in [0.4, 0.5) is 34.1 Å². The highest BCUT2D eigenvalue weighted by atomic mass is 15.1. The lowest BCUT2D eigenvalue weighted by molar-refractivity contribution is 1.23. The zero-order valence-electron chi connectivity index (χ0n) is 43.7. The average Bonchev–Trinajstić information content (AvgIpc) is 3.43. The topological polar surface area (TPSA) is 6.48 Å². The minimum Gasteiger partial charge on any atom is -0.310 e. The van der Waals surface area contributed by atoms with E-state index in [-0.39, 0.29) is 0 Å². The van der Waals surface area contributed by atoms with Crippen LogP contribution in [0.1, 0.15) is 44.5 Å². The Morgan fingerprint density at radius 2 is 0.446 bits per heavy atom. The zero-order valence-corrected chi connectivity index (χ0v) is 43.7. The monoisotopic (exact) mass is 952 g/mol. The van der Waals surface area contributed by atoms with Gasteiger partial charge in [0.15, 0.2) is 0 Å². The first-order chi connectivity index (χ1) is 36.0. The van der Waals surface area contributed by atoms with Crippen molar-refractivity contribution in [3.63, 3.8) is 0 Å². The molecule has 0 fully saturated rings. The molecule has 0 atom stereocenters. The molecule has 0 saturated heterocycles. The number of benzene rings is 12. The van der Waals surface area contributed by atoms with E-state index in [9.17, 15) is 0 Å². The molecular weight excluding hydrogens is 893 g/mol. The van der Waals surface area contributed by atoms with Crippen LogP contribution in [0.3, 0.4) is 0 Å². The average molecular weight is 953 g/mol. The third-order valence-electron chi connectivity index (χ3n) is 15.9. The van der Waals surface area contributed by atoms with Crippen LogP contribution in [0.5, 0.6) is 0 Å². The fourth-order valence-electron chi connectivity index (χ4n) is 11.1. The van der Waals surface area contributed by atoms with Gasteiger partial charge in [-0.3, -0.25) is 0 Å². The summed E-state index contributed by atoms with van der Waals surface area (Å²) in [5, 5.41) is 7.58. The van der Waals surface area contributed by atoms with Gasteiger partial charge in [-0.15, -0.1) is 0 Å². The molecule has 0 saturated carbocycles. The van der Waals surface area contributed by atoms with Gasteiger partial charge in [0.1, 0.15) is 0 Å². The first-order valence-electron chi connectivity index (χ1n) is 26.0. The summed E-state index contributed by atoms with van der Waals surface area (Å²) in [6.07, 6.45) is 0. The Hall–Kier alpha value is -8.72.